The van der Waals surface area contributed by atoms with Crippen molar-refractivity contribution in [3.05, 3.63) is 58.9 Å². The van der Waals surface area contributed by atoms with Gasteiger partial charge in [0, 0.05) is 24.7 Å². The fourth-order valence-electron chi connectivity index (χ4n) is 3.31. The van der Waals surface area contributed by atoms with Crippen LogP contribution in [-0.4, -0.2) is 36.5 Å². The summed E-state index contributed by atoms with van der Waals surface area (Å²) in [6.07, 6.45) is 3.59. The second kappa shape index (κ2) is 11.6. The molecular formula is C23H29FO4. The highest BCUT2D eigenvalue weighted by Crippen LogP contribution is 2.29. The van der Waals surface area contributed by atoms with Gasteiger partial charge in [-0.3, -0.25) is 4.79 Å². The number of aliphatic hydroxyl groups is 2. The maximum Gasteiger partial charge on any atom is 0.293 e. The Morgan fingerprint density at radius 2 is 1.71 bits per heavy atom. The molecule has 152 valence electrons. The number of hydrogen-bond acceptors (Lipinski definition) is 4. The molecule has 0 unspecified atom stereocenters. The Morgan fingerprint density at radius 1 is 1.04 bits per heavy atom. The van der Waals surface area contributed by atoms with Gasteiger partial charge in [0.25, 0.3) is 6.47 Å². The van der Waals surface area contributed by atoms with Crippen LogP contribution in [0.2, 0.25) is 0 Å². The average Bonchev–Trinajstić information content (AvgIpc) is 2.72. The topological polar surface area (TPSA) is 66.8 Å². The Labute approximate surface area is 166 Å². The van der Waals surface area contributed by atoms with E-state index in [0.717, 1.165) is 35.1 Å². The van der Waals surface area contributed by atoms with E-state index in [-0.39, 0.29) is 24.9 Å². The van der Waals surface area contributed by atoms with Gasteiger partial charge in [0.05, 0.1) is 6.61 Å². The van der Waals surface area contributed by atoms with Crippen LogP contribution in [0.3, 0.4) is 0 Å². The molecule has 2 aromatic carbocycles. The van der Waals surface area contributed by atoms with Crippen molar-refractivity contribution in [2.24, 2.45) is 5.92 Å². The maximum atomic E-state index is 14.7. The molecule has 0 aliphatic rings. The lowest BCUT2D eigenvalue weighted by atomic mass is 9.92. The van der Waals surface area contributed by atoms with E-state index in [1.165, 1.54) is 0 Å². The van der Waals surface area contributed by atoms with Gasteiger partial charge in [-0.1, -0.05) is 37.3 Å². The van der Waals surface area contributed by atoms with Crippen LogP contribution in [0.15, 0.2) is 36.4 Å². The smallest absolute Gasteiger partial charge is 0.293 e. The van der Waals surface area contributed by atoms with Gasteiger partial charge in [-0.25, -0.2) is 4.39 Å². The number of aliphatic hydroxyl groups excluding tert-OH is 2. The van der Waals surface area contributed by atoms with Crippen LogP contribution in [0.25, 0.3) is 11.1 Å². The molecule has 0 heterocycles. The Bertz CT molecular complexity index is 756. The van der Waals surface area contributed by atoms with Gasteiger partial charge in [0.2, 0.25) is 0 Å². The van der Waals surface area contributed by atoms with E-state index >= 15 is 0 Å². The van der Waals surface area contributed by atoms with Crippen LogP contribution in [0, 0.1) is 11.7 Å². The second-order valence-corrected chi connectivity index (χ2v) is 7.00. The van der Waals surface area contributed by atoms with Crippen molar-refractivity contribution in [3.8, 4) is 11.1 Å². The lowest BCUT2D eigenvalue weighted by molar-refractivity contribution is -0.128. The summed E-state index contributed by atoms with van der Waals surface area (Å²) in [5.74, 6) is -0.358. The number of halogens is 1. The molecule has 2 N–H and O–H groups in total. The maximum absolute atomic E-state index is 14.7. The summed E-state index contributed by atoms with van der Waals surface area (Å²) >= 11 is 0. The third kappa shape index (κ3) is 6.14. The quantitative estimate of drug-likeness (QED) is 0.430. The Kier molecular flexibility index (Phi) is 9.11. The van der Waals surface area contributed by atoms with E-state index in [0.29, 0.717) is 37.9 Å². The molecule has 28 heavy (non-hydrogen) atoms. The van der Waals surface area contributed by atoms with Crippen LogP contribution in [0.4, 0.5) is 4.39 Å². The molecule has 0 spiro atoms. The van der Waals surface area contributed by atoms with Gasteiger partial charge in [-0.05, 0) is 60.4 Å². The summed E-state index contributed by atoms with van der Waals surface area (Å²) in [7, 11) is 0. The molecule has 0 saturated carbocycles. The van der Waals surface area contributed by atoms with E-state index in [1.54, 1.807) is 6.07 Å². The molecule has 0 aliphatic carbocycles. The number of carbonyl (C=O) groups excluding carboxylic acids is 1. The molecule has 2 rings (SSSR count). The predicted molar refractivity (Wildman–Crippen MR) is 108 cm³/mol. The molecule has 4 nitrogen and oxygen atoms in total. The molecular weight excluding hydrogens is 359 g/mol. The molecule has 0 aliphatic heterocycles. The highest BCUT2D eigenvalue weighted by molar-refractivity contribution is 5.69. The first-order valence-corrected chi connectivity index (χ1v) is 9.80. The fraction of sp³-hybridized carbons (Fsp3) is 0.435. The van der Waals surface area contributed by atoms with Gasteiger partial charge >= 0.3 is 0 Å². The Balaban J connectivity index is 2.14. The molecule has 0 fully saturated rings. The van der Waals surface area contributed by atoms with Gasteiger partial charge in [-0.15, -0.1) is 0 Å². The average molecular weight is 388 g/mol. The van der Waals surface area contributed by atoms with Crippen molar-refractivity contribution < 1.29 is 24.1 Å². The number of carbonyl (C=O) groups is 1. The molecule has 0 bridgehead atoms. The van der Waals surface area contributed by atoms with E-state index < -0.39 is 0 Å². The second-order valence-electron chi connectivity index (χ2n) is 7.00. The minimum Gasteiger partial charge on any atom is -0.468 e. The van der Waals surface area contributed by atoms with Crippen molar-refractivity contribution in [1.82, 2.24) is 0 Å². The third-order valence-corrected chi connectivity index (χ3v) is 5.03. The van der Waals surface area contributed by atoms with E-state index in [2.05, 4.69) is 10.8 Å². The van der Waals surface area contributed by atoms with Crippen LogP contribution >= 0.6 is 0 Å². The molecule has 2 aromatic rings. The van der Waals surface area contributed by atoms with E-state index in [9.17, 15) is 19.4 Å². The fourth-order valence-corrected chi connectivity index (χ4v) is 3.31. The van der Waals surface area contributed by atoms with Gasteiger partial charge in [0.1, 0.15) is 5.82 Å². The number of ether oxygens (including phenoxy) is 1. The van der Waals surface area contributed by atoms with Crippen LogP contribution in [-0.2, 0) is 28.8 Å². The summed E-state index contributed by atoms with van der Waals surface area (Å²) in [4.78, 5) is 10.2. The minimum atomic E-state index is -0.253. The minimum absolute atomic E-state index is 0.0198. The molecule has 0 saturated heterocycles. The van der Waals surface area contributed by atoms with Crippen LogP contribution < -0.4 is 0 Å². The van der Waals surface area contributed by atoms with Crippen molar-refractivity contribution in [3.63, 3.8) is 0 Å². The van der Waals surface area contributed by atoms with Gasteiger partial charge in [-0.2, -0.15) is 0 Å². The lowest BCUT2D eigenvalue weighted by Gasteiger charge is -2.14. The van der Waals surface area contributed by atoms with Crippen molar-refractivity contribution in [2.45, 2.75) is 39.0 Å². The highest BCUT2D eigenvalue weighted by atomic mass is 19.1. The molecule has 0 amide bonds. The normalized spacial score (nSPS) is 11.0. The SMILES string of the molecule is CCc1cc(CCC(CO)CO)ccc1-c1ccc(CCCOC=O)cc1F. The standard InChI is InChI=1S/C23H29FO4/c1-2-20-12-18(5-6-19(14-25)15-26)7-9-21(20)22-10-8-17(13-23(22)24)4-3-11-28-16-27/h7-10,12-13,16,19,25-26H,2-6,11,14-15H2,1H3. The summed E-state index contributed by atoms with van der Waals surface area (Å²) in [5.41, 5.74) is 4.55. The number of rotatable bonds is 12. The first-order valence-electron chi connectivity index (χ1n) is 9.80. The zero-order valence-corrected chi connectivity index (χ0v) is 16.4. The van der Waals surface area contributed by atoms with Crippen molar-refractivity contribution in [1.29, 1.82) is 0 Å². The molecule has 0 aromatic heterocycles. The monoisotopic (exact) mass is 388 g/mol. The summed E-state index contributed by atoms with van der Waals surface area (Å²) < 4.78 is 19.4. The van der Waals surface area contributed by atoms with Crippen molar-refractivity contribution >= 4 is 6.47 Å². The van der Waals surface area contributed by atoms with E-state index in [1.807, 2.05) is 31.2 Å². The summed E-state index contributed by atoms with van der Waals surface area (Å²) in [5, 5.41) is 18.4. The molecule has 0 atom stereocenters. The first-order chi connectivity index (χ1) is 13.6. The first kappa shape index (κ1) is 22.1. The molecule has 5 heteroatoms. The summed E-state index contributed by atoms with van der Waals surface area (Å²) in [6.45, 7) is 2.77. The van der Waals surface area contributed by atoms with Crippen LogP contribution in [0.1, 0.15) is 36.5 Å². The Hall–Kier alpha value is -2.24. The van der Waals surface area contributed by atoms with Crippen LogP contribution in [0.5, 0.6) is 0 Å². The summed E-state index contributed by atoms with van der Waals surface area (Å²) in [6, 6.07) is 11.3. The van der Waals surface area contributed by atoms with E-state index in [4.69, 9.17) is 0 Å². The van der Waals surface area contributed by atoms with Gasteiger partial charge < -0.3 is 14.9 Å². The Morgan fingerprint density at radius 3 is 2.32 bits per heavy atom. The lowest BCUT2D eigenvalue weighted by Crippen LogP contribution is -2.12. The van der Waals surface area contributed by atoms with Crippen molar-refractivity contribution in [2.75, 3.05) is 19.8 Å². The highest BCUT2D eigenvalue weighted by Gasteiger charge is 2.12. The number of hydrogen-bond donors (Lipinski definition) is 2. The third-order valence-electron chi connectivity index (χ3n) is 5.03. The molecule has 0 radical (unpaired) electrons. The zero-order valence-electron chi connectivity index (χ0n) is 16.4. The zero-order chi connectivity index (χ0) is 20.4. The largest absolute Gasteiger partial charge is 0.468 e. The number of benzene rings is 2. The van der Waals surface area contributed by atoms with Gasteiger partial charge in [0.15, 0.2) is 0 Å². The number of aryl methyl sites for hydroxylation is 3. The predicted octanol–water partition coefficient (Wildman–Crippen LogP) is 3.69.